The Bertz CT molecular complexity index is 269. The first kappa shape index (κ1) is 12.3. The molecule has 1 fully saturated rings. The van der Waals surface area contributed by atoms with Crippen LogP contribution in [0.1, 0.15) is 13.8 Å². The fourth-order valence-corrected chi connectivity index (χ4v) is 3.43. The van der Waals surface area contributed by atoms with Crippen LogP contribution < -0.4 is 0 Å². The van der Waals surface area contributed by atoms with E-state index < -0.39 is 10.0 Å². The second-order valence-corrected chi connectivity index (χ2v) is 6.60. The number of thiol groups is 1. The molecule has 0 aromatic carbocycles. The summed E-state index contributed by atoms with van der Waals surface area (Å²) < 4.78 is 27.0. The molecule has 1 aliphatic heterocycles. The molecule has 0 aromatic heterocycles. The van der Waals surface area contributed by atoms with Crippen molar-refractivity contribution in [2.45, 2.75) is 13.8 Å². The van der Waals surface area contributed by atoms with E-state index >= 15 is 0 Å². The minimum absolute atomic E-state index is 0.189. The summed E-state index contributed by atoms with van der Waals surface area (Å²) in [4.78, 5) is 0. The number of rotatable bonds is 3. The first-order chi connectivity index (χ1) is 6.42. The summed E-state index contributed by atoms with van der Waals surface area (Å²) in [5, 5.41) is 0. The molecule has 1 rings (SSSR count). The van der Waals surface area contributed by atoms with Gasteiger partial charge in [0.1, 0.15) is 0 Å². The quantitative estimate of drug-likeness (QED) is 0.725. The van der Waals surface area contributed by atoms with E-state index in [9.17, 15) is 8.42 Å². The highest BCUT2D eigenvalue weighted by molar-refractivity contribution is 7.89. The summed E-state index contributed by atoms with van der Waals surface area (Å²) in [6.07, 6.45) is 0. The number of hydrogen-bond acceptors (Lipinski definition) is 4. The van der Waals surface area contributed by atoms with Crippen LogP contribution in [0.3, 0.4) is 0 Å². The molecule has 0 spiro atoms. The van der Waals surface area contributed by atoms with Gasteiger partial charge in [-0.05, 0) is 5.92 Å². The van der Waals surface area contributed by atoms with E-state index in [1.807, 2.05) is 18.2 Å². The van der Waals surface area contributed by atoms with Crippen LogP contribution in [-0.2, 0) is 10.0 Å². The van der Waals surface area contributed by atoms with Gasteiger partial charge in [-0.2, -0.15) is 4.31 Å². The van der Waals surface area contributed by atoms with Crippen molar-refractivity contribution in [3.8, 4) is 0 Å². The average Bonchev–Trinajstić information content (AvgIpc) is 2.02. The Morgan fingerprint density at radius 3 is 2.14 bits per heavy atom. The Morgan fingerprint density at radius 1 is 1.21 bits per heavy atom. The summed E-state index contributed by atoms with van der Waals surface area (Å²) in [6.45, 7) is 6.40. The predicted octanol–water partition coefficient (Wildman–Crippen LogP) is 0.435. The lowest BCUT2D eigenvalue weighted by atomic mass is 10.3. The monoisotopic (exact) mass is 238 g/mol. The highest BCUT2D eigenvalue weighted by Crippen LogP contribution is 2.11. The van der Waals surface area contributed by atoms with E-state index in [4.69, 9.17) is 0 Å². The fraction of sp³-hybridized carbons (Fsp3) is 1.00. The molecular weight excluding hydrogens is 220 g/mol. The van der Waals surface area contributed by atoms with Crippen molar-refractivity contribution in [1.29, 1.82) is 0 Å². The number of nitrogens with zero attached hydrogens (tertiary/aromatic N) is 2. The van der Waals surface area contributed by atoms with Crippen molar-refractivity contribution in [1.82, 2.24) is 8.61 Å². The van der Waals surface area contributed by atoms with Crippen molar-refractivity contribution in [2.24, 2.45) is 5.92 Å². The van der Waals surface area contributed by atoms with Gasteiger partial charge in [0, 0.05) is 26.2 Å². The molecule has 14 heavy (non-hydrogen) atoms. The third-order valence-corrected chi connectivity index (χ3v) is 4.79. The summed E-state index contributed by atoms with van der Waals surface area (Å²) in [7, 11) is -3.03. The molecular formula is C8H18N2O2S2. The second kappa shape index (κ2) is 4.83. The Morgan fingerprint density at radius 2 is 1.71 bits per heavy atom. The van der Waals surface area contributed by atoms with Gasteiger partial charge in [0.15, 0.2) is 0 Å². The lowest BCUT2D eigenvalue weighted by Crippen LogP contribution is -2.46. The highest BCUT2D eigenvalue weighted by atomic mass is 32.2. The van der Waals surface area contributed by atoms with Crippen LogP contribution in [0.15, 0.2) is 0 Å². The molecule has 0 aliphatic carbocycles. The second-order valence-electron chi connectivity index (χ2n) is 4.03. The summed E-state index contributed by atoms with van der Waals surface area (Å²) in [6, 6.07) is 0. The zero-order chi connectivity index (χ0) is 10.8. The maximum atomic E-state index is 11.8. The van der Waals surface area contributed by atoms with Crippen LogP contribution in [0.25, 0.3) is 0 Å². The van der Waals surface area contributed by atoms with Crippen LogP contribution in [0.5, 0.6) is 0 Å². The topological polar surface area (TPSA) is 40.6 Å². The molecule has 1 aliphatic rings. The van der Waals surface area contributed by atoms with Gasteiger partial charge < -0.3 is 0 Å². The van der Waals surface area contributed by atoms with Crippen molar-refractivity contribution < 1.29 is 8.42 Å². The zero-order valence-electron chi connectivity index (χ0n) is 8.68. The first-order valence-electron chi connectivity index (χ1n) is 4.83. The van der Waals surface area contributed by atoms with Crippen molar-refractivity contribution in [2.75, 3.05) is 31.9 Å². The van der Waals surface area contributed by atoms with E-state index in [1.54, 1.807) is 4.31 Å². The third-order valence-electron chi connectivity index (χ3n) is 2.15. The van der Waals surface area contributed by atoms with Crippen molar-refractivity contribution in [3.05, 3.63) is 0 Å². The first-order valence-corrected chi connectivity index (χ1v) is 6.84. The van der Waals surface area contributed by atoms with Gasteiger partial charge in [-0.25, -0.2) is 8.42 Å². The van der Waals surface area contributed by atoms with Gasteiger partial charge >= 0.3 is 0 Å². The molecule has 0 N–H and O–H groups in total. The largest absolute Gasteiger partial charge is 0.251 e. The molecule has 0 saturated carbocycles. The molecule has 1 saturated heterocycles. The third kappa shape index (κ3) is 3.42. The van der Waals surface area contributed by atoms with E-state index in [0.717, 1.165) is 0 Å². The Balaban J connectivity index is 2.56. The lowest BCUT2D eigenvalue weighted by molar-refractivity contribution is 0.290. The molecule has 6 heteroatoms. The molecule has 0 aromatic rings. The molecule has 0 amide bonds. The minimum atomic E-state index is -3.03. The normalized spacial score (nSPS) is 21.7. The lowest BCUT2D eigenvalue weighted by Gasteiger charge is -2.31. The van der Waals surface area contributed by atoms with Gasteiger partial charge in [-0.1, -0.05) is 26.7 Å². The van der Waals surface area contributed by atoms with Gasteiger partial charge in [0.05, 0.1) is 5.75 Å². The van der Waals surface area contributed by atoms with Crippen molar-refractivity contribution in [3.63, 3.8) is 0 Å². The number of sulfonamides is 1. The molecule has 4 nitrogen and oxygen atoms in total. The summed E-state index contributed by atoms with van der Waals surface area (Å²) in [5.41, 5.74) is 0. The van der Waals surface area contributed by atoms with Crippen LogP contribution in [-0.4, -0.2) is 49.0 Å². The molecule has 0 bridgehead atoms. The molecule has 84 valence electrons. The Hall–Kier alpha value is 0.220. The summed E-state index contributed by atoms with van der Waals surface area (Å²) >= 11 is 4.18. The Kier molecular flexibility index (Phi) is 4.24. The smallest absolute Gasteiger partial charge is 0.214 e. The van der Waals surface area contributed by atoms with E-state index in [0.29, 0.717) is 26.2 Å². The van der Waals surface area contributed by atoms with Crippen LogP contribution >= 0.6 is 12.8 Å². The molecule has 0 radical (unpaired) electrons. The zero-order valence-corrected chi connectivity index (χ0v) is 10.4. The number of hydrogen-bond donors (Lipinski definition) is 1. The van der Waals surface area contributed by atoms with Crippen molar-refractivity contribution >= 4 is 22.8 Å². The van der Waals surface area contributed by atoms with E-state index in [-0.39, 0.29) is 11.7 Å². The van der Waals surface area contributed by atoms with Gasteiger partial charge in [0.2, 0.25) is 10.0 Å². The van der Waals surface area contributed by atoms with Gasteiger partial charge in [-0.15, -0.1) is 0 Å². The van der Waals surface area contributed by atoms with Crippen LogP contribution in [0.4, 0.5) is 0 Å². The SMILES string of the molecule is CC(C)CS(=O)(=O)N1CCN(S)CC1. The van der Waals surface area contributed by atoms with Gasteiger partial charge in [-0.3, -0.25) is 4.31 Å². The Labute approximate surface area is 91.9 Å². The maximum Gasteiger partial charge on any atom is 0.214 e. The predicted molar refractivity (Wildman–Crippen MR) is 60.8 cm³/mol. The van der Waals surface area contributed by atoms with E-state index in [1.165, 1.54) is 0 Å². The van der Waals surface area contributed by atoms with E-state index in [2.05, 4.69) is 12.8 Å². The molecule has 1 heterocycles. The van der Waals surface area contributed by atoms with Crippen LogP contribution in [0.2, 0.25) is 0 Å². The number of piperazine rings is 1. The molecule has 0 atom stereocenters. The standard InChI is InChI=1S/C8H18N2O2S2/c1-8(2)7-14(11,12)10-5-3-9(13)4-6-10/h8,13H,3-7H2,1-2H3. The minimum Gasteiger partial charge on any atom is -0.251 e. The van der Waals surface area contributed by atoms with Gasteiger partial charge in [0.25, 0.3) is 0 Å². The highest BCUT2D eigenvalue weighted by Gasteiger charge is 2.26. The average molecular weight is 238 g/mol. The summed E-state index contributed by atoms with van der Waals surface area (Å²) in [5.74, 6) is 0.438. The molecule has 0 unspecified atom stereocenters. The maximum absolute atomic E-state index is 11.8. The fourth-order valence-electron chi connectivity index (χ4n) is 1.48. The van der Waals surface area contributed by atoms with Crippen LogP contribution in [0, 0.1) is 5.92 Å².